The highest BCUT2D eigenvalue weighted by Gasteiger charge is 2.25. The maximum absolute atomic E-state index is 14.0. The van der Waals surface area contributed by atoms with Gasteiger partial charge in [-0.3, -0.25) is 9.78 Å². The highest BCUT2D eigenvalue weighted by Crippen LogP contribution is 2.36. The van der Waals surface area contributed by atoms with Crippen LogP contribution in [0.3, 0.4) is 0 Å². The van der Waals surface area contributed by atoms with Crippen LogP contribution < -0.4 is 4.74 Å². The average molecular weight is 408 g/mol. The van der Waals surface area contributed by atoms with Crippen LogP contribution in [-0.4, -0.2) is 23.3 Å². The Morgan fingerprint density at radius 2 is 1.86 bits per heavy atom. The summed E-state index contributed by atoms with van der Waals surface area (Å²) < 4.78 is 46.6. The number of rotatable bonds is 3. The van der Waals surface area contributed by atoms with Gasteiger partial charge in [-0.1, -0.05) is 18.2 Å². The minimum Gasteiger partial charge on any atom is -0.424 e. The monoisotopic (exact) mass is 408 g/mol. The molecule has 8 heteroatoms. The zero-order chi connectivity index (χ0) is 20.2. The second-order valence-electron chi connectivity index (χ2n) is 6.64. The number of aromatic nitrogens is 2. The topological polar surface area (TPSA) is 78.3 Å². The Balaban J connectivity index is 1.75. The van der Waals surface area contributed by atoms with Crippen molar-refractivity contribution in [3.05, 3.63) is 78.5 Å². The van der Waals surface area contributed by atoms with Crippen LogP contribution in [0.4, 0.5) is 4.39 Å². The summed E-state index contributed by atoms with van der Waals surface area (Å²) in [6.07, 6.45) is 3.09. The van der Waals surface area contributed by atoms with Crippen molar-refractivity contribution in [1.82, 2.24) is 8.96 Å². The van der Waals surface area contributed by atoms with Gasteiger partial charge in [-0.25, -0.2) is 16.8 Å². The predicted octanol–water partition coefficient (Wildman–Crippen LogP) is 3.54. The van der Waals surface area contributed by atoms with Gasteiger partial charge in [0.05, 0.1) is 22.5 Å². The van der Waals surface area contributed by atoms with Crippen molar-refractivity contribution in [2.45, 2.75) is 11.3 Å². The van der Waals surface area contributed by atoms with Gasteiger partial charge in [0.15, 0.2) is 5.75 Å². The zero-order valence-corrected chi connectivity index (χ0v) is 15.7. The third-order valence-electron chi connectivity index (χ3n) is 4.81. The molecule has 0 saturated carbocycles. The van der Waals surface area contributed by atoms with Crippen LogP contribution in [0, 0.1) is 5.82 Å². The molecule has 3 heterocycles. The first-order chi connectivity index (χ1) is 13.9. The van der Waals surface area contributed by atoms with Crippen LogP contribution in [0.2, 0.25) is 0 Å². The minimum atomic E-state index is -3.95. The summed E-state index contributed by atoms with van der Waals surface area (Å²) in [4.78, 5) is 15.9. The van der Waals surface area contributed by atoms with Gasteiger partial charge in [-0.2, -0.15) is 0 Å². The summed E-state index contributed by atoms with van der Waals surface area (Å²) in [5.41, 5.74) is 1.85. The number of esters is 1. The van der Waals surface area contributed by atoms with Crippen molar-refractivity contribution in [3.63, 3.8) is 0 Å². The molecule has 0 unspecified atom stereocenters. The van der Waals surface area contributed by atoms with Gasteiger partial charge in [0.1, 0.15) is 5.82 Å². The molecule has 0 radical (unpaired) electrons. The summed E-state index contributed by atoms with van der Waals surface area (Å²) >= 11 is 0. The van der Waals surface area contributed by atoms with E-state index in [1.807, 2.05) is 0 Å². The third-order valence-corrected chi connectivity index (χ3v) is 6.50. The lowest BCUT2D eigenvalue weighted by molar-refractivity contribution is -0.131. The van der Waals surface area contributed by atoms with Crippen LogP contribution in [0.5, 0.6) is 5.75 Å². The number of carbonyl (C=O) groups is 1. The lowest BCUT2D eigenvalue weighted by Gasteiger charge is -2.07. The quantitative estimate of drug-likeness (QED) is 0.485. The van der Waals surface area contributed by atoms with Crippen molar-refractivity contribution in [2.75, 3.05) is 0 Å². The molecule has 0 bridgehead atoms. The number of pyridine rings is 1. The normalized spacial score (nSPS) is 13.5. The van der Waals surface area contributed by atoms with Crippen LogP contribution in [-0.2, 0) is 21.2 Å². The van der Waals surface area contributed by atoms with Gasteiger partial charge >= 0.3 is 5.97 Å². The van der Waals surface area contributed by atoms with E-state index in [-0.39, 0.29) is 22.8 Å². The average Bonchev–Trinajstić information content (AvgIpc) is 3.27. The molecule has 29 heavy (non-hydrogen) atoms. The first kappa shape index (κ1) is 17.6. The largest absolute Gasteiger partial charge is 0.424 e. The molecule has 0 saturated heterocycles. The molecule has 5 rings (SSSR count). The van der Waals surface area contributed by atoms with E-state index in [2.05, 4.69) is 4.98 Å². The maximum Gasteiger partial charge on any atom is 0.317 e. The molecule has 4 aromatic rings. The van der Waals surface area contributed by atoms with Gasteiger partial charge in [0.25, 0.3) is 10.0 Å². The van der Waals surface area contributed by atoms with E-state index in [9.17, 15) is 17.6 Å². The van der Waals surface area contributed by atoms with Gasteiger partial charge in [0, 0.05) is 28.9 Å². The molecule has 2 aromatic carbocycles. The van der Waals surface area contributed by atoms with Crippen molar-refractivity contribution < 1.29 is 22.3 Å². The van der Waals surface area contributed by atoms with Crippen LogP contribution >= 0.6 is 0 Å². The number of fused-ring (bicyclic) bond motifs is 2. The predicted molar refractivity (Wildman–Crippen MR) is 103 cm³/mol. The van der Waals surface area contributed by atoms with Crippen LogP contribution in [0.1, 0.15) is 5.69 Å². The Kier molecular flexibility index (Phi) is 3.78. The molecular formula is C21H13FN2O4S. The first-order valence-electron chi connectivity index (χ1n) is 8.75. The molecule has 0 fully saturated rings. The molecular weight excluding hydrogens is 395 g/mol. The first-order valence-corrected chi connectivity index (χ1v) is 10.2. The number of carbonyl (C=O) groups excluding carboxylic acids is 1. The molecule has 6 nitrogen and oxygen atoms in total. The second-order valence-corrected chi connectivity index (χ2v) is 8.45. The maximum atomic E-state index is 14.0. The zero-order valence-electron chi connectivity index (χ0n) is 14.9. The fourth-order valence-corrected chi connectivity index (χ4v) is 4.83. The Morgan fingerprint density at radius 1 is 1.07 bits per heavy atom. The van der Waals surface area contributed by atoms with Gasteiger partial charge in [-0.15, -0.1) is 0 Å². The van der Waals surface area contributed by atoms with Crippen molar-refractivity contribution in [3.8, 4) is 16.9 Å². The summed E-state index contributed by atoms with van der Waals surface area (Å²) in [5.74, 6) is -0.588. The molecule has 1 aliphatic rings. The standard InChI is InChI=1S/C21H13FN2O4S/c22-14-6-7-16-17(13-8-20-18(23-11-13)10-21(25)28-20)12-24(19(16)9-14)29(26,27)15-4-2-1-3-5-15/h1-9,11-12H,10H2. The molecule has 0 atom stereocenters. The molecule has 144 valence electrons. The third kappa shape index (κ3) is 2.80. The van der Waals surface area contributed by atoms with E-state index < -0.39 is 15.8 Å². The molecule has 1 aliphatic heterocycles. The molecule has 0 spiro atoms. The molecule has 2 aromatic heterocycles. The molecule has 0 N–H and O–H groups in total. The minimum absolute atomic E-state index is 0.0914. The van der Waals surface area contributed by atoms with Gasteiger partial charge in [0.2, 0.25) is 0 Å². The number of hydrogen-bond donors (Lipinski definition) is 0. The van der Waals surface area contributed by atoms with E-state index in [4.69, 9.17) is 4.74 Å². The number of hydrogen-bond acceptors (Lipinski definition) is 5. The van der Waals surface area contributed by atoms with E-state index in [0.29, 0.717) is 28.0 Å². The number of nitrogens with zero attached hydrogens (tertiary/aromatic N) is 2. The highest BCUT2D eigenvalue weighted by molar-refractivity contribution is 7.90. The number of ether oxygens (including phenoxy) is 1. The van der Waals surface area contributed by atoms with Crippen LogP contribution in [0.15, 0.2) is 71.9 Å². The van der Waals surface area contributed by atoms with E-state index in [0.717, 1.165) is 3.97 Å². The van der Waals surface area contributed by atoms with Gasteiger partial charge in [-0.05, 0) is 36.4 Å². The lowest BCUT2D eigenvalue weighted by Crippen LogP contribution is -2.11. The van der Waals surface area contributed by atoms with Gasteiger partial charge < -0.3 is 4.74 Å². The Hall–Kier alpha value is -3.52. The Labute approximate surface area is 165 Å². The van der Waals surface area contributed by atoms with Crippen molar-refractivity contribution in [2.24, 2.45) is 0 Å². The molecule has 0 aliphatic carbocycles. The van der Waals surface area contributed by atoms with E-state index in [1.165, 1.54) is 36.5 Å². The summed E-state index contributed by atoms with van der Waals surface area (Å²) in [6, 6.07) is 13.5. The number of halogens is 1. The summed E-state index contributed by atoms with van der Waals surface area (Å²) in [5, 5.41) is 0.539. The smallest absolute Gasteiger partial charge is 0.317 e. The second kappa shape index (κ2) is 6.25. The Bertz CT molecular complexity index is 1400. The summed E-state index contributed by atoms with van der Waals surface area (Å²) in [6.45, 7) is 0. The number of benzene rings is 2. The highest BCUT2D eigenvalue weighted by atomic mass is 32.2. The fraction of sp³-hybridized carbons (Fsp3) is 0.0476. The lowest BCUT2D eigenvalue weighted by atomic mass is 10.1. The fourth-order valence-electron chi connectivity index (χ4n) is 3.44. The Morgan fingerprint density at radius 3 is 2.66 bits per heavy atom. The SMILES string of the molecule is O=C1Cc2ncc(-c3cn(S(=O)(=O)c4ccccc4)c4cc(F)ccc34)cc2O1. The van der Waals surface area contributed by atoms with Crippen molar-refractivity contribution >= 4 is 26.9 Å². The molecule has 0 amide bonds. The van der Waals surface area contributed by atoms with E-state index in [1.54, 1.807) is 30.5 Å². The summed E-state index contributed by atoms with van der Waals surface area (Å²) in [7, 11) is -3.95. The van der Waals surface area contributed by atoms with Crippen molar-refractivity contribution in [1.29, 1.82) is 0 Å². The van der Waals surface area contributed by atoms with E-state index >= 15 is 0 Å². The van der Waals surface area contributed by atoms with Crippen LogP contribution in [0.25, 0.3) is 22.0 Å².